The van der Waals surface area contributed by atoms with Gasteiger partial charge in [0.15, 0.2) is 6.61 Å². The SMILES string of the molecule is CN(C(=O)O)C(=O)COc1ccccc1. The first-order chi connectivity index (χ1) is 7.11. The third-order valence-electron chi connectivity index (χ3n) is 1.77. The van der Waals surface area contributed by atoms with Gasteiger partial charge in [-0.05, 0) is 12.1 Å². The minimum Gasteiger partial charge on any atom is -0.484 e. The minimum atomic E-state index is -1.29. The van der Waals surface area contributed by atoms with Crippen molar-refractivity contribution in [2.75, 3.05) is 13.7 Å². The Morgan fingerprint density at radius 2 is 1.93 bits per heavy atom. The molecule has 0 fully saturated rings. The summed E-state index contributed by atoms with van der Waals surface area (Å²) in [6, 6.07) is 8.72. The van der Waals surface area contributed by atoms with E-state index in [4.69, 9.17) is 9.84 Å². The van der Waals surface area contributed by atoms with Crippen LogP contribution in [0.25, 0.3) is 0 Å². The summed E-state index contributed by atoms with van der Waals surface area (Å²) in [5.74, 6) is -0.0732. The van der Waals surface area contributed by atoms with E-state index < -0.39 is 12.0 Å². The van der Waals surface area contributed by atoms with Gasteiger partial charge in [-0.15, -0.1) is 0 Å². The summed E-state index contributed by atoms with van der Waals surface area (Å²) < 4.78 is 5.08. The van der Waals surface area contributed by atoms with Crippen LogP contribution in [0, 0.1) is 0 Å². The normalized spacial score (nSPS) is 9.40. The second-order valence-electron chi connectivity index (χ2n) is 2.84. The number of benzene rings is 1. The van der Waals surface area contributed by atoms with Crippen LogP contribution in [0.3, 0.4) is 0 Å². The highest BCUT2D eigenvalue weighted by Gasteiger charge is 2.15. The lowest BCUT2D eigenvalue weighted by atomic mass is 10.3. The molecular weight excluding hydrogens is 198 g/mol. The predicted octanol–water partition coefficient (Wildman–Crippen LogP) is 1.20. The molecule has 0 bridgehead atoms. The van der Waals surface area contributed by atoms with Crippen molar-refractivity contribution in [2.24, 2.45) is 0 Å². The minimum absolute atomic E-state index is 0.285. The number of ether oxygens (including phenoxy) is 1. The quantitative estimate of drug-likeness (QED) is 0.812. The van der Waals surface area contributed by atoms with Crippen LogP contribution in [-0.4, -0.2) is 35.7 Å². The number of hydrogen-bond donors (Lipinski definition) is 1. The average Bonchev–Trinajstić information content (AvgIpc) is 2.26. The summed E-state index contributed by atoms with van der Waals surface area (Å²) in [4.78, 5) is 22.2. The molecule has 1 N–H and O–H groups in total. The number of para-hydroxylation sites is 1. The highest BCUT2D eigenvalue weighted by molar-refractivity contribution is 5.91. The zero-order valence-electron chi connectivity index (χ0n) is 8.21. The molecule has 2 amide bonds. The van der Waals surface area contributed by atoms with E-state index in [2.05, 4.69) is 0 Å². The molecule has 0 saturated heterocycles. The van der Waals surface area contributed by atoms with Crippen LogP contribution in [0.2, 0.25) is 0 Å². The summed E-state index contributed by atoms with van der Waals surface area (Å²) in [6.07, 6.45) is -1.29. The zero-order chi connectivity index (χ0) is 11.3. The molecule has 0 aliphatic heterocycles. The van der Waals surface area contributed by atoms with E-state index in [0.717, 1.165) is 0 Å². The topological polar surface area (TPSA) is 66.8 Å². The zero-order valence-corrected chi connectivity index (χ0v) is 8.21. The summed E-state index contributed by atoms with van der Waals surface area (Å²) >= 11 is 0. The monoisotopic (exact) mass is 209 g/mol. The van der Waals surface area contributed by atoms with Crippen molar-refractivity contribution in [3.8, 4) is 5.75 Å². The first-order valence-corrected chi connectivity index (χ1v) is 4.28. The smallest absolute Gasteiger partial charge is 0.413 e. The van der Waals surface area contributed by atoms with Gasteiger partial charge < -0.3 is 9.84 Å². The van der Waals surface area contributed by atoms with Crippen molar-refractivity contribution >= 4 is 12.0 Å². The van der Waals surface area contributed by atoms with Gasteiger partial charge in [0, 0.05) is 7.05 Å². The summed E-state index contributed by atoms with van der Waals surface area (Å²) in [6.45, 7) is -0.285. The fraction of sp³-hybridized carbons (Fsp3) is 0.200. The molecule has 0 heterocycles. The Hall–Kier alpha value is -2.04. The van der Waals surface area contributed by atoms with Crippen LogP contribution >= 0.6 is 0 Å². The molecule has 1 rings (SSSR count). The Bertz CT molecular complexity index is 350. The molecule has 0 saturated carbocycles. The van der Waals surface area contributed by atoms with Crippen molar-refractivity contribution in [2.45, 2.75) is 0 Å². The maximum Gasteiger partial charge on any atom is 0.413 e. The van der Waals surface area contributed by atoms with Gasteiger partial charge in [0.2, 0.25) is 0 Å². The van der Waals surface area contributed by atoms with E-state index >= 15 is 0 Å². The highest BCUT2D eigenvalue weighted by atomic mass is 16.5. The summed E-state index contributed by atoms with van der Waals surface area (Å²) in [5.41, 5.74) is 0. The van der Waals surface area contributed by atoms with Gasteiger partial charge in [0.05, 0.1) is 0 Å². The van der Waals surface area contributed by atoms with Crippen molar-refractivity contribution in [1.82, 2.24) is 4.90 Å². The Balaban J connectivity index is 2.44. The summed E-state index contributed by atoms with van der Waals surface area (Å²) in [7, 11) is 1.18. The van der Waals surface area contributed by atoms with Crippen molar-refractivity contribution < 1.29 is 19.4 Å². The van der Waals surface area contributed by atoms with E-state index in [1.165, 1.54) is 7.05 Å². The number of rotatable bonds is 3. The van der Waals surface area contributed by atoms with Crippen molar-refractivity contribution in [1.29, 1.82) is 0 Å². The molecule has 0 unspecified atom stereocenters. The maximum absolute atomic E-state index is 11.2. The van der Waals surface area contributed by atoms with Gasteiger partial charge in [-0.2, -0.15) is 0 Å². The molecule has 5 heteroatoms. The van der Waals surface area contributed by atoms with E-state index in [9.17, 15) is 9.59 Å². The van der Waals surface area contributed by atoms with Gasteiger partial charge >= 0.3 is 6.09 Å². The Labute approximate surface area is 86.9 Å². The molecule has 0 aromatic heterocycles. The fourth-order valence-electron chi connectivity index (χ4n) is 0.865. The van der Waals surface area contributed by atoms with Crippen LogP contribution < -0.4 is 4.74 Å². The van der Waals surface area contributed by atoms with E-state index in [1.807, 2.05) is 6.07 Å². The first-order valence-electron chi connectivity index (χ1n) is 4.28. The lowest BCUT2D eigenvalue weighted by Gasteiger charge is -2.11. The molecule has 1 aromatic carbocycles. The maximum atomic E-state index is 11.2. The van der Waals surface area contributed by atoms with E-state index in [1.54, 1.807) is 24.3 Å². The molecular formula is C10H11NO4. The standard InChI is InChI=1S/C10H11NO4/c1-11(10(13)14)9(12)7-15-8-5-3-2-4-6-8/h2-6H,7H2,1H3,(H,13,14). The molecule has 0 aliphatic rings. The molecule has 1 aromatic rings. The number of amides is 2. The van der Waals surface area contributed by atoms with Crippen LogP contribution in [0.15, 0.2) is 30.3 Å². The van der Waals surface area contributed by atoms with Crippen LogP contribution in [0.4, 0.5) is 4.79 Å². The van der Waals surface area contributed by atoms with E-state index in [0.29, 0.717) is 10.6 Å². The third-order valence-corrected chi connectivity index (χ3v) is 1.77. The van der Waals surface area contributed by atoms with Crippen molar-refractivity contribution in [3.63, 3.8) is 0 Å². The lowest BCUT2D eigenvalue weighted by Crippen LogP contribution is -2.35. The summed E-state index contributed by atoms with van der Waals surface area (Å²) in [5, 5.41) is 8.50. The molecule has 0 atom stereocenters. The van der Waals surface area contributed by atoms with Crippen LogP contribution in [-0.2, 0) is 4.79 Å². The number of carboxylic acid groups (broad SMARTS) is 1. The molecule has 0 aliphatic carbocycles. The number of likely N-dealkylation sites (N-methyl/N-ethyl adjacent to an activating group) is 1. The molecule has 15 heavy (non-hydrogen) atoms. The van der Waals surface area contributed by atoms with Gasteiger partial charge in [0.25, 0.3) is 5.91 Å². The Morgan fingerprint density at radius 3 is 2.47 bits per heavy atom. The van der Waals surface area contributed by atoms with Gasteiger partial charge in [-0.3, -0.25) is 4.79 Å². The van der Waals surface area contributed by atoms with Crippen LogP contribution in [0.5, 0.6) is 5.75 Å². The largest absolute Gasteiger partial charge is 0.484 e. The first kappa shape index (κ1) is 11.0. The Morgan fingerprint density at radius 1 is 1.33 bits per heavy atom. The third kappa shape index (κ3) is 3.30. The Kier molecular flexibility index (Phi) is 3.68. The van der Waals surface area contributed by atoms with E-state index in [-0.39, 0.29) is 6.61 Å². The highest BCUT2D eigenvalue weighted by Crippen LogP contribution is 2.07. The molecule has 0 spiro atoms. The predicted molar refractivity (Wildman–Crippen MR) is 52.7 cm³/mol. The number of carbonyl (C=O) groups is 2. The second kappa shape index (κ2) is 4.99. The molecule has 80 valence electrons. The molecule has 0 radical (unpaired) electrons. The number of imide groups is 1. The van der Waals surface area contributed by atoms with Crippen molar-refractivity contribution in [3.05, 3.63) is 30.3 Å². The van der Waals surface area contributed by atoms with Gasteiger partial charge in [-0.25, -0.2) is 9.69 Å². The second-order valence-corrected chi connectivity index (χ2v) is 2.84. The number of nitrogens with zero attached hydrogens (tertiary/aromatic N) is 1. The number of hydrogen-bond acceptors (Lipinski definition) is 3. The lowest BCUT2D eigenvalue weighted by molar-refractivity contribution is -0.130. The average molecular weight is 209 g/mol. The fourth-order valence-corrected chi connectivity index (χ4v) is 0.865. The van der Waals surface area contributed by atoms with Gasteiger partial charge in [0.1, 0.15) is 5.75 Å². The van der Waals surface area contributed by atoms with Gasteiger partial charge in [-0.1, -0.05) is 18.2 Å². The molecule has 5 nitrogen and oxygen atoms in total. The van der Waals surface area contributed by atoms with Crippen LogP contribution in [0.1, 0.15) is 0 Å². The number of carbonyl (C=O) groups excluding carboxylic acids is 1.